The van der Waals surface area contributed by atoms with Gasteiger partial charge in [0.05, 0.1) is 7.11 Å². The Morgan fingerprint density at radius 3 is 2.89 bits per heavy atom. The molecule has 98 valence electrons. The van der Waals surface area contributed by atoms with Crippen molar-refractivity contribution in [1.82, 2.24) is 4.90 Å². The molecule has 0 atom stereocenters. The number of rotatable bonds is 5. The van der Waals surface area contributed by atoms with Crippen molar-refractivity contribution in [3.05, 3.63) is 24.3 Å². The van der Waals surface area contributed by atoms with Gasteiger partial charge in [-0.1, -0.05) is 6.07 Å². The van der Waals surface area contributed by atoms with E-state index in [9.17, 15) is 4.79 Å². The van der Waals surface area contributed by atoms with Crippen LogP contribution in [0.4, 0.5) is 5.69 Å². The van der Waals surface area contributed by atoms with Crippen molar-refractivity contribution in [1.29, 1.82) is 0 Å². The summed E-state index contributed by atoms with van der Waals surface area (Å²) in [5.74, 6) is 0.822. The first kappa shape index (κ1) is 12.9. The molecule has 0 unspecified atom stereocenters. The van der Waals surface area contributed by atoms with Gasteiger partial charge in [0.25, 0.3) is 0 Å². The Hall–Kier alpha value is -1.55. The van der Waals surface area contributed by atoms with Crippen molar-refractivity contribution >= 4 is 11.6 Å². The zero-order valence-corrected chi connectivity index (χ0v) is 10.8. The van der Waals surface area contributed by atoms with Crippen LogP contribution in [0.15, 0.2) is 24.3 Å². The zero-order chi connectivity index (χ0) is 12.8. The fraction of sp³-hybridized carbons (Fsp3) is 0.500. The van der Waals surface area contributed by atoms with Gasteiger partial charge >= 0.3 is 0 Å². The maximum absolute atomic E-state index is 11.8. The van der Waals surface area contributed by atoms with Crippen LogP contribution >= 0.6 is 0 Å². The number of carbonyl (C=O) groups excluding carboxylic acids is 1. The molecular weight excluding hydrogens is 228 g/mol. The highest BCUT2D eigenvalue weighted by Gasteiger charge is 2.12. The van der Waals surface area contributed by atoms with Crippen molar-refractivity contribution in [3.63, 3.8) is 0 Å². The predicted molar refractivity (Wildman–Crippen MR) is 71.9 cm³/mol. The summed E-state index contributed by atoms with van der Waals surface area (Å²) in [6, 6.07) is 7.43. The lowest BCUT2D eigenvalue weighted by molar-refractivity contribution is -0.116. The Morgan fingerprint density at radius 1 is 1.39 bits per heavy atom. The highest BCUT2D eigenvalue weighted by Crippen LogP contribution is 2.17. The van der Waals surface area contributed by atoms with Crippen molar-refractivity contribution in [3.8, 4) is 5.75 Å². The van der Waals surface area contributed by atoms with Crippen LogP contribution in [0.5, 0.6) is 5.75 Å². The van der Waals surface area contributed by atoms with Crippen LogP contribution in [0, 0.1) is 0 Å². The third kappa shape index (κ3) is 3.74. The highest BCUT2D eigenvalue weighted by atomic mass is 16.5. The second-order valence-electron chi connectivity index (χ2n) is 4.58. The van der Waals surface area contributed by atoms with Crippen molar-refractivity contribution in [2.24, 2.45) is 0 Å². The van der Waals surface area contributed by atoms with Gasteiger partial charge in [0.2, 0.25) is 5.91 Å². The molecule has 1 N–H and O–H groups in total. The summed E-state index contributed by atoms with van der Waals surface area (Å²) >= 11 is 0. The number of hydrogen-bond donors (Lipinski definition) is 1. The summed E-state index contributed by atoms with van der Waals surface area (Å²) in [6.07, 6.45) is 3.08. The summed E-state index contributed by atoms with van der Waals surface area (Å²) in [5, 5.41) is 2.89. The lowest BCUT2D eigenvalue weighted by Gasteiger charge is -2.14. The standard InChI is InChI=1S/C14H20N2O2/c1-18-13-6-4-5-12(11-13)15-14(17)7-10-16-8-2-3-9-16/h4-6,11H,2-3,7-10H2,1H3,(H,15,17). The Kier molecular flexibility index (Phi) is 4.59. The molecule has 1 aromatic carbocycles. The molecule has 1 aliphatic rings. The van der Waals surface area contributed by atoms with E-state index in [1.54, 1.807) is 7.11 Å². The maximum Gasteiger partial charge on any atom is 0.225 e. The van der Waals surface area contributed by atoms with Gasteiger partial charge in [-0.25, -0.2) is 0 Å². The molecule has 1 aromatic rings. The molecule has 1 amide bonds. The number of amides is 1. The van der Waals surface area contributed by atoms with Crippen LogP contribution in [0.25, 0.3) is 0 Å². The third-order valence-corrected chi connectivity index (χ3v) is 3.21. The monoisotopic (exact) mass is 248 g/mol. The molecule has 1 aliphatic heterocycles. The van der Waals surface area contributed by atoms with Gasteiger partial charge in [-0.15, -0.1) is 0 Å². The van der Waals surface area contributed by atoms with E-state index in [1.165, 1.54) is 12.8 Å². The molecule has 0 radical (unpaired) electrons. The highest BCUT2D eigenvalue weighted by molar-refractivity contribution is 5.90. The molecule has 2 rings (SSSR count). The number of nitrogens with zero attached hydrogens (tertiary/aromatic N) is 1. The van der Waals surface area contributed by atoms with E-state index in [0.717, 1.165) is 31.1 Å². The minimum Gasteiger partial charge on any atom is -0.497 e. The number of methoxy groups -OCH3 is 1. The number of benzene rings is 1. The average molecular weight is 248 g/mol. The van der Waals surface area contributed by atoms with Gasteiger partial charge in [-0.05, 0) is 38.1 Å². The van der Waals surface area contributed by atoms with Gasteiger partial charge in [0.1, 0.15) is 5.75 Å². The van der Waals surface area contributed by atoms with Crippen molar-refractivity contribution in [2.75, 3.05) is 32.1 Å². The quantitative estimate of drug-likeness (QED) is 0.867. The maximum atomic E-state index is 11.8. The number of anilines is 1. The van der Waals surface area contributed by atoms with Gasteiger partial charge in [0.15, 0.2) is 0 Å². The van der Waals surface area contributed by atoms with Crippen LogP contribution in [-0.4, -0.2) is 37.6 Å². The molecule has 4 heteroatoms. The minimum absolute atomic E-state index is 0.0650. The minimum atomic E-state index is 0.0650. The number of likely N-dealkylation sites (tertiary alicyclic amines) is 1. The smallest absolute Gasteiger partial charge is 0.225 e. The fourth-order valence-corrected chi connectivity index (χ4v) is 2.19. The van der Waals surface area contributed by atoms with E-state index in [1.807, 2.05) is 24.3 Å². The van der Waals surface area contributed by atoms with E-state index in [-0.39, 0.29) is 5.91 Å². The van der Waals surface area contributed by atoms with E-state index < -0.39 is 0 Å². The van der Waals surface area contributed by atoms with E-state index >= 15 is 0 Å². The van der Waals surface area contributed by atoms with Crippen LogP contribution in [0.1, 0.15) is 19.3 Å². The predicted octanol–water partition coefficient (Wildman–Crippen LogP) is 2.12. The van der Waals surface area contributed by atoms with Gasteiger partial charge in [-0.3, -0.25) is 4.79 Å². The number of ether oxygens (including phenoxy) is 1. The number of hydrogen-bond acceptors (Lipinski definition) is 3. The molecule has 1 heterocycles. The molecule has 0 aliphatic carbocycles. The largest absolute Gasteiger partial charge is 0.497 e. The average Bonchev–Trinajstić information content (AvgIpc) is 2.90. The van der Waals surface area contributed by atoms with Crippen molar-refractivity contribution < 1.29 is 9.53 Å². The van der Waals surface area contributed by atoms with Crippen LogP contribution in [0.3, 0.4) is 0 Å². The molecule has 0 spiro atoms. The van der Waals surface area contributed by atoms with Gasteiger partial charge in [0, 0.05) is 24.7 Å². The molecule has 1 saturated heterocycles. The normalized spacial score (nSPS) is 15.6. The summed E-state index contributed by atoms with van der Waals surface area (Å²) in [6.45, 7) is 3.12. The van der Waals surface area contributed by atoms with E-state index in [2.05, 4.69) is 10.2 Å². The molecule has 0 aromatic heterocycles. The first-order valence-corrected chi connectivity index (χ1v) is 6.44. The second-order valence-corrected chi connectivity index (χ2v) is 4.58. The van der Waals surface area contributed by atoms with E-state index in [4.69, 9.17) is 4.74 Å². The summed E-state index contributed by atoms with van der Waals surface area (Å²) in [4.78, 5) is 14.1. The van der Waals surface area contributed by atoms with Crippen LogP contribution < -0.4 is 10.1 Å². The summed E-state index contributed by atoms with van der Waals surface area (Å²) in [5.41, 5.74) is 0.792. The van der Waals surface area contributed by atoms with E-state index in [0.29, 0.717) is 6.42 Å². The Morgan fingerprint density at radius 2 is 2.17 bits per heavy atom. The van der Waals surface area contributed by atoms with Gasteiger partial charge in [-0.2, -0.15) is 0 Å². The Labute approximate surface area is 108 Å². The molecule has 0 saturated carbocycles. The summed E-state index contributed by atoms with van der Waals surface area (Å²) < 4.78 is 5.12. The molecule has 0 bridgehead atoms. The van der Waals surface area contributed by atoms with Gasteiger partial charge < -0.3 is 15.0 Å². The molecule has 1 fully saturated rings. The first-order chi connectivity index (χ1) is 8.78. The SMILES string of the molecule is COc1cccc(NC(=O)CCN2CCCC2)c1. The summed E-state index contributed by atoms with van der Waals surface area (Å²) in [7, 11) is 1.62. The first-order valence-electron chi connectivity index (χ1n) is 6.44. The number of carbonyl (C=O) groups is 1. The Balaban J connectivity index is 1.78. The topological polar surface area (TPSA) is 41.6 Å². The Bertz CT molecular complexity index is 401. The molecular formula is C14H20N2O2. The lowest BCUT2D eigenvalue weighted by atomic mass is 10.3. The fourth-order valence-electron chi connectivity index (χ4n) is 2.19. The molecule has 18 heavy (non-hydrogen) atoms. The zero-order valence-electron chi connectivity index (χ0n) is 10.8. The van der Waals surface area contributed by atoms with Crippen molar-refractivity contribution in [2.45, 2.75) is 19.3 Å². The second kappa shape index (κ2) is 6.40. The number of nitrogens with one attached hydrogen (secondary N) is 1. The lowest BCUT2D eigenvalue weighted by Crippen LogP contribution is -2.25. The molecule has 4 nitrogen and oxygen atoms in total. The third-order valence-electron chi connectivity index (χ3n) is 3.21. The van der Waals surface area contributed by atoms with Crippen LogP contribution in [0.2, 0.25) is 0 Å². The van der Waals surface area contributed by atoms with Crippen LogP contribution in [-0.2, 0) is 4.79 Å².